The summed E-state index contributed by atoms with van der Waals surface area (Å²) < 4.78 is 23.0. The number of ether oxygens (including phenoxy) is 4. The Kier molecular flexibility index (Phi) is 7.28. The van der Waals surface area contributed by atoms with E-state index in [0.29, 0.717) is 6.42 Å². The molecule has 0 aromatic carbocycles. The summed E-state index contributed by atoms with van der Waals surface area (Å²) in [6, 6.07) is 1.05. The summed E-state index contributed by atoms with van der Waals surface area (Å²) in [7, 11) is 0. The summed E-state index contributed by atoms with van der Waals surface area (Å²) >= 11 is 0. The highest BCUT2D eigenvalue weighted by Crippen LogP contribution is 2.51. The lowest BCUT2D eigenvalue weighted by molar-refractivity contribution is -0.179. The van der Waals surface area contributed by atoms with Crippen molar-refractivity contribution in [2.75, 3.05) is 13.2 Å². The van der Waals surface area contributed by atoms with E-state index in [4.69, 9.17) is 18.9 Å². The Bertz CT molecular complexity index is 766. The van der Waals surface area contributed by atoms with Gasteiger partial charge in [-0.25, -0.2) is 4.79 Å². The Morgan fingerprint density at radius 2 is 1.90 bits per heavy atom. The molecule has 0 aliphatic carbocycles. The Hall–Kier alpha value is -2.31. The SMILES string of the molecule is CCOC(=O)CNC=C(C#N)[C@@H]1N(C(=O)OC(C)(C)C)[C@H](CC)[C@H]2OC(C)(C)O[C@]21C. The molecule has 1 amide bonds. The zero-order chi connectivity index (χ0) is 23.6. The highest BCUT2D eigenvalue weighted by atomic mass is 16.8. The number of hydrogen-bond donors (Lipinski definition) is 1. The van der Waals surface area contributed by atoms with Gasteiger partial charge in [0.2, 0.25) is 0 Å². The van der Waals surface area contributed by atoms with Crippen molar-refractivity contribution in [2.24, 2.45) is 0 Å². The van der Waals surface area contributed by atoms with Gasteiger partial charge in [0, 0.05) is 6.20 Å². The molecule has 2 fully saturated rings. The van der Waals surface area contributed by atoms with Gasteiger partial charge in [0.15, 0.2) is 5.79 Å². The Morgan fingerprint density at radius 3 is 2.42 bits per heavy atom. The highest BCUT2D eigenvalue weighted by Gasteiger charge is 2.67. The predicted molar refractivity (Wildman–Crippen MR) is 113 cm³/mol. The molecule has 2 heterocycles. The third-order valence-electron chi connectivity index (χ3n) is 5.22. The zero-order valence-electron chi connectivity index (χ0n) is 19.8. The van der Waals surface area contributed by atoms with E-state index >= 15 is 0 Å². The van der Waals surface area contributed by atoms with Crippen LogP contribution in [0.15, 0.2) is 11.8 Å². The number of hydrogen-bond acceptors (Lipinski definition) is 8. The minimum atomic E-state index is -0.978. The summed E-state index contributed by atoms with van der Waals surface area (Å²) in [5.41, 5.74) is -1.45. The summed E-state index contributed by atoms with van der Waals surface area (Å²) in [5, 5.41) is 12.8. The lowest BCUT2D eigenvalue weighted by Gasteiger charge is -2.37. The maximum Gasteiger partial charge on any atom is 0.411 e. The highest BCUT2D eigenvalue weighted by molar-refractivity contribution is 5.72. The van der Waals surface area contributed by atoms with Crippen LogP contribution in [0.5, 0.6) is 0 Å². The number of nitriles is 1. The normalized spacial score (nSPS) is 29.8. The van der Waals surface area contributed by atoms with E-state index in [-0.39, 0.29) is 24.8 Å². The fourth-order valence-corrected chi connectivity index (χ4v) is 4.37. The van der Waals surface area contributed by atoms with Crippen molar-refractivity contribution in [3.63, 3.8) is 0 Å². The molecule has 1 N–H and O–H groups in total. The second kappa shape index (κ2) is 9.05. The van der Waals surface area contributed by atoms with Gasteiger partial charge in [-0.15, -0.1) is 0 Å². The molecule has 0 bridgehead atoms. The van der Waals surface area contributed by atoms with E-state index in [0.717, 1.165) is 0 Å². The van der Waals surface area contributed by atoms with Crippen molar-refractivity contribution in [2.45, 2.75) is 97.0 Å². The number of rotatable bonds is 6. The van der Waals surface area contributed by atoms with Gasteiger partial charge in [0.05, 0.1) is 24.3 Å². The van der Waals surface area contributed by atoms with Gasteiger partial charge in [-0.3, -0.25) is 9.69 Å². The summed E-state index contributed by atoms with van der Waals surface area (Å²) in [6.07, 6.45) is 1.03. The van der Waals surface area contributed by atoms with Crippen molar-refractivity contribution >= 4 is 12.1 Å². The lowest BCUT2D eigenvalue weighted by atomic mass is 9.88. The van der Waals surface area contributed by atoms with Gasteiger partial charge >= 0.3 is 12.1 Å². The molecule has 9 nitrogen and oxygen atoms in total. The molecule has 4 atom stereocenters. The van der Waals surface area contributed by atoms with E-state index in [1.807, 2.05) is 27.7 Å². The smallest absolute Gasteiger partial charge is 0.411 e. The number of carbonyl (C=O) groups is 2. The summed E-state index contributed by atoms with van der Waals surface area (Å²) in [4.78, 5) is 26.4. The van der Waals surface area contributed by atoms with Crippen LogP contribution in [0.1, 0.15) is 61.8 Å². The number of nitrogens with one attached hydrogen (secondary N) is 1. The maximum atomic E-state index is 13.2. The number of esters is 1. The van der Waals surface area contributed by atoms with Gasteiger partial charge < -0.3 is 24.3 Å². The number of amides is 1. The second-order valence-corrected chi connectivity index (χ2v) is 9.39. The first-order chi connectivity index (χ1) is 14.3. The molecule has 174 valence electrons. The van der Waals surface area contributed by atoms with Crippen LogP contribution >= 0.6 is 0 Å². The number of carbonyl (C=O) groups excluding carboxylic acids is 2. The van der Waals surface area contributed by atoms with E-state index in [9.17, 15) is 14.9 Å². The molecule has 2 rings (SSSR count). The van der Waals surface area contributed by atoms with Crippen LogP contribution in [0.25, 0.3) is 0 Å². The van der Waals surface area contributed by atoms with Crippen molar-refractivity contribution < 1.29 is 28.5 Å². The molecular formula is C22H35N3O6. The molecule has 0 radical (unpaired) electrons. The first kappa shape index (κ1) is 25.0. The van der Waals surface area contributed by atoms with E-state index in [1.54, 1.807) is 32.6 Å². The number of likely N-dealkylation sites (tertiary alicyclic amines) is 1. The lowest BCUT2D eigenvalue weighted by Crippen LogP contribution is -2.51. The zero-order valence-corrected chi connectivity index (χ0v) is 19.8. The van der Waals surface area contributed by atoms with Gasteiger partial charge in [0.1, 0.15) is 29.9 Å². The molecule has 31 heavy (non-hydrogen) atoms. The molecule has 0 aromatic heterocycles. The van der Waals surface area contributed by atoms with Crippen molar-refractivity contribution in [3.05, 3.63) is 11.8 Å². The molecule has 0 spiro atoms. The minimum Gasteiger partial charge on any atom is -0.465 e. The summed E-state index contributed by atoms with van der Waals surface area (Å²) in [6.45, 7) is 14.7. The first-order valence-electron chi connectivity index (χ1n) is 10.7. The molecule has 0 aromatic rings. The molecule has 2 aliphatic heterocycles. The van der Waals surface area contributed by atoms with E-state index < -0.39 is 41.2 Å². The first-order valence-corrected chi connectivity index (χ1v) is 10.7. The van der Waals surface area contributed by atoms with Gasteiger partial charge in [0.25, 0.3) is 0 Å². The Labute approximate surface area is 184 Å². The third kappa shape index (κ3) is 5.31. The number of fused-ring (bicyclic) bond motifs is 1. The molecule has 9 heteroatoms. The Balaban J connectivity index is 2.46. The van der Waals surface area contributed by atoms with Gasteiger partial charge in [-0.1, -0.05) is 6.92 Å². The standard InChI is InChI=1S/C22H35N3O6/c1-9-15-18-22(8,31-21(6,7)29-18)17(25(15)19(27)30-20(3,4)5)14(11-23)12-24-13-16(26)28-10-2/h12,15,17-18,24H,9-10,13H2,1-8H3/t15-,17+,18-,22+/m1/s1. The second-order valence-electron chi connectivity index (χ2n) is 9.39. The fraction of sp³-hybridized carbons (Fsp3) is 0.773. The van der Waals surface area contributed by atoms with Crippen LogP contribution in [-0.2, 0) is 23.7 Å². The van der Waals surface area contributed by atoms with Crippen LogP contribution in [0, 0.1) is 11.3 Å². The van der Waals surface area contributed by atoms with Crippen LogP contribution in [0.3, 0.4) is 0 Å². The van der Waals surface area contributed by atoms with Gasteiger partial charge in [-0.05, 0) is 54.9 Å². The van der Waals surface area contributed by atoms with Crippen molar-refractivity contribution in [1.82, 2.24) is 10.2 Å². The van der Waals surface area contributed by atoms with E-state index in [2.05, 4.69) is 11.4 Å². The van der Waals surface area contributed by atoms with Crippen molar-refractivity contribution in [1.29, 1.82) is 5.26 Å². The van der Waals surface area contributed by atoms with Crippen LogP contribution in [-0.4, -0.2) is 65.3 Å². The molecular weight excluding hydrogens is 402 g/mol. The molecule has 0 unspecified atom stereocenters. The molecule has 0 saturated carbocycles. The molecule has 2 aliphatic rings. The molecule has 2 saturated heterocycles. The maximum absolute atomic E-state index is 13.2. The predicted octanol–water partition coefficient (Wildman–Crippen LogP) is 2.85. The van der Waals surface area contributed by atoms with Crippen LogP contribution in [0.2, 0.25) is 0 Å². The largest absolute Gasteiger partial charge is 0.465 e. The van der Waals surface area contributed by atoms with Crippen molar-refractivity contribution in [3.8, 4) is 6.07 Å². The van der Waals surface area contributed by atoms with E-state index in [1.165, 1.54) is 6.20 Å². The Morgan fingerprint density at radius 1 is 1.26 bits per heavy atom. The van der Waals surface area contributed by atoms with Crippen LogP contribution in [0.4, 0.5) is 4.79 Å². The quantitative estimate of drug-likeness (QED) is 0.499. The fourth-order valence-electron chi connectivity index (χ4n) is 4.37. The average molecular weight is 438 g/mol. The van der Waals surface area contributed by atoms with Crippen LogP contribution < -0.4 is 5.32 Å². The minimum absolute atomic E-state index is 0.0988. The number of nitrogens with zero attached hydrogens (tertiary/aromatic N) is 2. The monoisotopic (exact) mass is 437 g/mol. The summed E-state index contributed by atoms with van der Waals surface area (Å²) in [5.74, 6) is -1.31. The van der Waals surface area contributed by atoms with Gasteiger partial charge in [-0.2, -0.15) is 5.26 Å². The average Bonchev–Trinajstić information content (AvgIpc) is 3.00. The third-order valence-corrected chi connectivity index (χ3v) is 5.22. The topological polar surface area (TPSA) is 110 Å².